The van der Waals surface area contributed by atoms with Crippen LogP contribution in [0.1, 0.15) is 28.8 Å². The number of benzene rings is 1. The first-order valence-corrected chi connectivity index (χ1v) is 6.86. The lowest BCUT2D eigenvalue weighted by atomic mass is 9.99. The summed E-state index contributed by atoms with van der Waals surface area (Å²) in [6.07, 6.45) is 1.99. The second-order valence-corrected chi connectivity index (χ2v) is 4.95. The molecule has 1 aromatic carbocycles. The number of piperidine rings is 1. The van der Waals surface area contributed by atoms with E-state index in [0.717, 1.165) is 31.5 Å². The topological polar surface area (TPSA) is 67.4 Å². The molecule has 0 aliphatic carbocycles. The normalized spacial score (nSPS) is 18.4. The highest BCUT2D eigenvalue weighted by atomic mass is 16.5. The molecule has 108 valence electrons. The molecule has 1 fully saturated rings. The molecular weight excluding hydrogens is 256 g/mol. The quantitative estimate of drug-likeness (QED) is 0.808. The Labute approximate surface area is 118 Å². The van der Waals surface area contributed by atoms with Crippen LogP contribution in [-0.4, -0.2) is 32.1 Å². The first kappa shape index (κ1) is 14.5. The van der Waals surface area contributed by atoms with Crippen molar-refractivity contribution in [3.63, 3.8) is 0 Å². The van der Waals surface area contributed by atoms with Crippen molar-refractivity contribution in [3.05, 3.63) is 35.4 Å². The number of hydrogen-bond acceptors (Lipinski definition) is 4. The van der Waals surface area contributed by atoms with Gasteiger partial charge in [-0.15, -0.1) is 0 Å². The fourth-order valence-corrected chi connectivity index (χ4v) is 2.29. The monoisotopic (exact) mass is 276 g/mol. The van der Waals surface area contributed by atoms with Crippen molar-refractivity contribution in [2.45, 2.75) is 19.4 Å². The summed E-state index contributed by atoms with van der Waals surface area (Å²) in [4.78, 5) is 23.3. The van der Waals surface area contributed by atoms with E-state index >= 15 is 0 Å². The van der Waals surface area contributed by atoms with Gasteiger partial charge in [-0.3, -0.25) is 4.79 Å². The molecule has 1 aliphatic rings. The van der Waals surface area contributed by atoms with Gasteiger partial charge in [-0.1, -0.05) is 12.1 Å². The van der Waals surface area contributed by atoms with Crippen LogP contribution in [0.2, 0.25) is 0 Å². The highest BCUT2D eigenvalue weighted by Crippen LogP contribution is 2.10. The Hall–Kier alpha value is -1.88. The molecule has 5 nitrogen and oxygen atoms in total. The van der Waals surface area contributed by atoms with Crippen LogP contribution in [0.5, 0.6) is 0 Å². The van der Waals surface area contributed by atoms with E-state index in [1.165, 1.54) is 7.11 Å². The number of carbonyl (C=O) groups excluding carboxylic acids is 2. The van der Waals surface area contributed by atoms with Gasteiger partial charge in [0.1, 0.15) is 0 Å². The fourth-order valence-electron chi connectivity index (χ4n) is 2.29. The van der Waals surface area contributed by atoms with Gasteiger partial charge in [0.05, 0.1) is 18.6 Å². The van der Waals surface area contributed by atoms with Gasteiger partial charge in [-0.05, 0) is 37.1 Å². The predicted molar refractivity (Wildman–Crippen MR) is 75.2 cm³/mol. The number of carbonyl (C=O) groups is 2. The molecule has 1 aliphatic heterocycles. The molecule has 5 heteroatoms. The molecule has 1 saturated heterocycles. The van der Waals surface area contributed by atoms with Gasteiger partial charge in [0.15, 0.2) is 0 Å². The van der Waals surface area contributed by atoms with E-state index in [4.69, 9.17) is 0 Å². The molecule has 1 amide bonds. The minimum atomic E-state index is -0.353. The molecule has 2 rings (SSSR count). The van der Waals surface area contributed by atoms with Gasteiger partial charge in [0.2, 0.25) is 5.91 Å². The molecule has 20 heavy (non-hydrogen) atoms. The smallest absolute Gasteiger partial charge is 0.337 e. The van der Waals surface area contributed by atoms with E-state index in [1.807, 2.05) is 12.1 Å². The molecule has 0 bridgehead atoms. The lowest BCUT2D eigenvalue weighted by molar-refractivity contribution is -0.125. The van der Waals surface area contributed by atoms with Crippen LogP contribution >= 0.6 is 0 Å². The van der Waals surface area contributed by atoms with Gasteiger partial charge in [-0.2, -0.15) is 0 Å². The van der Waals surface area contributed by atoms with Crippen molar-refractivity contribution >= 4 is 11.9 Å². The maximum Gasteiger partial charge on any atom is 0.337 e. The van der Waals surface area contributed by atoms with Gasteiger partial charge in [-0.25, -0.2) is 4.79 Å². The number of hydrogen-bond donors (Lipinski definition) is 2. The second-order valence-electron chi connectivity index (χ2n) is 4.95. The van der Waals surface area contributed by atoms with Gasteiger partial charge < -0.3 is 15.4 Å². The van der Waals surface area contributed by atoms with Crippen LogP contribution in [-0.2, 0) is 16.1 Å². The number of methoxy groups -OCH3 is 1. The van der Waals surface area contributed by atoms with E-state index < -0.39 is 0 Å². The van der Waals surface area contributed by atoms with Crippen LogP contribution in [0.25, 0.3) is 0 Å². The molecule has 0 saturated carbocycles. The van der Waals surface area contributed by atoms with E-state index in [0.29, 0.717) is 12.1 Å². The van der Waals surface area contributed by atoms with Gasteiger partial charge in [0, 0.05) is 13.1 Å². The third-order valence-corrected chi connectivity index (χ3v) is 3.51. The van der Waals surface area contributed by atoms with Gasteiger partial charge >= 0.3 is 5.97 Å². The molecule has 0 radical (unpaired) electrons. The van der Waals surface area contributed by atoms with Crippen LogP contribution < -0.4 is 10.6 Å². The van der Waals surface area contributed by atoms with Crippen LogP contribution in [0.15, 0.2) is 24.3 Å². The standard InChI is InChI=1S/C15H20N2O3/c1-20-15(19)12-6-4-11(5-7-12)9-17-14(18)13-3-2-8-16-10-13/h4-7,13,16H,2-3,8-10H2,1H3,(H,17,18)/t13-/m1/s1. The zero-order valence-corrected chi connectivity index (χ0v) is 11.6. The van der Waals surface area contributed by atoms with Crippen molar-refractivity contribution < 1.29 is 14.3 Å². The number of rotatable bonds is 4. The molecule has 0 aromatic heterocycles. The van der Waals surface area contributed by atoms with Gasteiger partial charge in [0.25, 0.3) is 0 Å². The fraction of sp³-hybridized carbons (Fsp3) is 0.467. The molecule has 2 N–H and O–H groups in total. The first-order chi connectivity index (χ1) is 9.70. The third kappa shape index (κ3) is 3.81. The van der Waals surface area contributed by atoms with E-state index in [9.17, 15) is 9.59 Å². The van der Waals surface area contributed by atoms with Crippen LogP contribution in [0.3, 0.4) is 0 Å². The molecule has 1 atom stereocenters. The van der Waals surface area contributed by atoms with E-state index in [-0.39, 0.29) is 17.8 Å². The Kier molecular flexibility index (Phi) is 5.12. The summed E-state index contributed by atoms with van der Waals surface area (Å²) in [5.41, 5.74) is 1.48. The predicted octanol–water partition coefficient (Wildman–Crippen LogP) is 1.09. The SMILES string of the molecule is COC(=O)c1ccc(CNC(=O)[C@@H]2CCCNC2)cc1. The first-order valence-electron chi connectivity index (χ1n) is 6.86. The number of nitrogens with one attached hydrogen (secondary N) is 2. The molecule has 1 heterocycles. The highest BCUT2D eigenvalue weighted by Gasteiger charge is 2.20. The summed E-state index contributed by atoms with van der Waals surface area (Å²) in [5, 5.41) is 6.16. The second kappa shape index (κ2) is 7.05. The Morgan fingerprint density at radius 2 is 2.10 bits per heavy atom. The summed E-state index contributed by atoms with van der Waals surface area (Å²) in [6.45, 7) is 2.24. The summed E-state index contributed by atoms with van der Waals surface area (Å²) >= 11 is 0. The van der Waals surface area contributed by atoms with Crippen molar-refractivity contribution in [1.29, 1.82) is 0 Å². The minimum absolute atomic E-state index is 0.0677. The maximum absolute atomic E-state index is 12.0. The lowest BCUT2D eigenvalue weighted by Crippen LogP contribution is -2.40. The van der Waals surface area contributed by atoms with E-state index in [1.54, 1.807) is 12.1 Å². The minimum Gasteiger partial charge on any atom is -0.465 e. The Morgan fingerprint density at radius 3 is 2.70 bits per heavy atom. The summed E-state index contributed by atoms with van der Waals surface area (Å²) in [6, 6.07) is 7.06. The van der Waals surface area contributed by atoms with E-state index in [2.05, 4.69) is 15.4 Å². The third-order valence-electron chi connectivity index (χ3n) is 3.51. The average molecular weight is 276 g/mol. The lowest BCUT2D eigenvalue weighted by Gasteiger charge is -2.21. The maximum atomic E-state index is 12.0. The number of ether oxygens (including phenoxy) is 1. The zero-order valence-electron chi connectivity index (χ0n) is 11.6. The Morgan fingerprint density at radius 1 is 1.35 bits per heavy atom. The Bertz CT molecular complexity index is 465. The van der Waals surface area contributed by atoms with Crippen molar-refractivity contribution in [2.75, 3.05) is 20.2 Å². The average Bonchev–Trinajstić information content (AvgIpc) is 2.53. The van der Waals surface area contributed by atoms with Crippen LogP contribution in [0.4, 0.5) is 0 Å². The molecule has 0 unspecified atom stereocenters. The van der Waals surface area contributed by atoms with Crippen molar-refractivity contribution in [1.82, 2.24) is 10.6 Å². The number of amides is 1. The summed E-state index contributed by atoms with van der Waals surface area (Å²) in [7, 11) is 1.36. The van der Waals surface area contributed by atoms with Crippen LogP contribution in [0, 0.1) is 5.92 Å². The summed E-state index contributed by atoms with van der Waals surface area (Å²) < 4.78 is 4.64. The van der Waals surface area contributed by atoms with Crippen molar-refractivity contribution in [2.24, 2.45) is 5.92 Å². The largest absolute Gasteiger partial charge is 0.465 e. The highest BCUT2D eigenvalue weighted by molar-refractivity contribution is 5.89. The molecule has 0 spiro atoms. The molecular formula is C15H20N2O3. The van der Waals surface area contributed by atoms with Crippen molar-refractivity contribution in [3.8, 4) is 0 Å². The zero-order chi connectivity index (χ0) is 14.4. The Balaban J connectivity index is 1.84. The molecule has 1 aromatic rings. The summed E-state index contributed by atoms with van der Waals surface area (Å²) in [5.74, 6) is -0.193. The number of esters is 1.